The van der Waals surface area contributed by atoms with E-state index in [9.17, 15) is 9.90 Å². The summed E-state index contributed by atoms with van der Waals surface area (Å²) in [5, 5.41) is 30.4. The smallest absolute Gasteiger partial charge is 0.234 e. The minimum absolute atomic E-state index is 0.101. The summed E-state index contributed by atoms with van der Waals surface area (Å²) < 4.78 is 2.54. The molecule has 0 saturated carbocycles. The van der Waals surface area contributed by atoms with Gasteiger partial charge in [-0.05, 0) is 42.5 Å². The average Bonchev–Trinajstić information content (AvgIpc) is 3.03. The third-order valence-electron chi connectivity index (χ3n) is 3.66. The number of carbonyl (C=O) groups is 1. The Hall–Kier alpha value is -2.83. The molecular formula is C18H14BrN5O2S. The first-order valence-electron chi connectivity index (χ1n) is 7.79. The molecule has 0 radical (unpaired) electrons. The first-order chi connectivity index (χ1) is 13.0. The molecule has 3 aromatic rings. The number of phenols is 1. The van der Waals surface area contributed by atoms with E-state index in [1.165, 1.54) is 11.8 Å². The van der Waals surface area contributed by atoms with E-state index >= 15 is 0 Å². The van der Waals surface area contributed by atoms with Crippen LogP contribution < -0.4 is 5.32 Å². The van der Waals surface area contributed by atoms with Crippen LogP contribution in [-0.2, 0) is 11.8 Å². The van der Waals surface area contributed by atoms with Crippen molar-refractivity contribution in [2.24, 2.45) is 7.05 Å². The number of phenolic OH excluding ortho intramolecular Hbond substituents is 1. The number of nitrogens with one attached hydrogen (secondary N) is 1. The highest BCUT2D eigenvalue weighted by atomic mass is 79.9. The quantitative estimate of drug-likeness (QED) is 0.584. The standard InChI is InChI=1S/C18H14BrN5O2S/c1-24-17(14-8-12(19)4-7-15(14)25)22-23-18(24)27-10-16(26)21-13-5-2-11(9-20)3-6-13/h2-8,25H,10H2,1H3,(H,21,26). The van der Waals surface area contributed by atoms with Crippen molar-refractivity contribution < 1.29 is 9.90 Å². The number of nitriles is 1. The second kappa shape index (κ2) is 8.24. The number of hydrogen-bond acceptors (Lipinski definition) is 6. The van der Waals surface area contributed by atoms with E-state index in [1.807, 2.05) is 6.07 Å². The zero-order valence-electron chi connectivity index (χ0n) is 14.2. The lowest BCUT2D eigenvalue weighted by Crippen LogP contribution is -2.14. The number of amides is 1. The minimum Gasteiger partial charge on any atom is -0.507 e. The number of carbonyl (C=O) groups excluding carboxylic acids is 1. The van der Waals surface area contributed by atoms with Crippen molar-refractivity contribution >= 4 is 39.3 Å². The predicted molar refractivity (Wildman–Crippen MR) is 106 cm³/mol. The Balaban J connectivity index is 1.66. The van der Waals surface area contributed by atoms with Crippen molar-refractivity contribution in [1.82, 2.24) is 14.8 Å². The Bertz CT molecular complexity index is 1030. The van der Waals surface area contributed by atoms with Crippen LogP contribution in [0.5, 0.6) is 5.75 Å². The number of thioether (sulfide) groups is 1. The normalized spacial score (nSPS) is 10.4. The molecule has 0 aliphatic rings. The number of rotatable bonds is 5. The Kier molecular flexibility index (Phi) is 5.78. The highest BCUT2D eigenvalue weighted by Crippen LogP contribution is 2.32. The van der Waals surface area contributed by atoms with Gasteiger partial charge >= 0.3 is 0 Å². The molecule has 0 spiro atoms. The number of benzene rings is 2. The Labute approximate surface area is 168 Å². The molecule has 9 heteroatoms. The Morgan fingerprint density at radius 1 is 1.30 bits per heavy atom. The fourth-order valence-electron chi connectivity index (χ4n) is 2.32. The molecule has 7 nitrogen and oxygen atoms in total. The van der Waals surface area contributed by atoms with Gasteiger partial charge in [-0.2, -0.15) is 5.26 Å². The molecule has 0 aliphatic carbocycles. The molecule has 1 amide bonds. The maximum absolute atomic E-state index is 12.1. The summed E-state index contributed by atoms with van der Waals surface area (Å²) in [5.74, 6) is 0.559. The van der Waals surface area contributed by atoms with Crippen molar-refractivity contribution in [1.29, 1.82) is 5.26 Å². The molecule has 0 bridgehead atoms. The van der Waals surface area contributed by atoms with Gasteiger partial charge in [-0.25, -0.2) is 0 Å². The largest absolute Gasteiger partial charge is 0.507 e. The Morgan fingerprint density at radius 2 is 2.04 bits per heavy atom. The zero-order chi connectivity index (χ0) is 19.4. The fraction of sp³-hybridized carbons (Fsp3) is 0.111. The van der Waals surface area contributed by atoms with Crippen molar-refractivity contribution in [3.8, 4) is 23.2 Å². The number of hydrogen-bond donors (Lipinski definition) is 2. The Morgan fingerprint density at radius 3 is 2.74 bits per heavy atom. The first-order valence-corrected chi connectivity index (χ1v) is 9.57. The maximum atomic E-state index is 12.1. The molecule has 0 saturated heterocycles. The van der Waals surface area contributed by atoms with Crippen molar-refractivity contribution in [3.05, 3.63) is 52.5 Å². The molecule has 0 fully saturated rings. The molecule has 2 N–H and O–H groups in total. The first kappa shape index (κ1) is 18.9. The molecule has 2 aromatic carbocycles. The molecule has 0 aliphatic heterocycles. The number of aromatic nitrogens is 3. The fourth-order valence-corrected chi connectivity index (χ4v) is 3.39. The lowest BCUT2D eigenvalue weighted by molar-refractivity contribution is -0.113. The summed E-state index contributed by atoms with van der Waals surface area (Å²) in [6.07, 6.45) is 0. The highest BCUT2D eigenvalue weighted by Gasteiger charge is 2.16. The van der Waals surface area contributed by atoms with Crippen LogP contribution in [-0.4, -0.2) is 31.5 Å². The van der Waals surface area contributed by atoms with Crippen molar-refractivity contribution in [2.75, 3.05) is 11.1 Å². The molecule has 27 heavy (non-hydrogen) atoms. The molecule has 136 valence electrons. The van der Waals surface area contributed by atoms with Crippen LogP contribution in [0.4, 0.5) is 5.69 Å². The van der Waals surface area contributed by atoms with Gasteiger partial charge < -0.3 is 15.0 Å². The summed E-state index contributed by atoms with van der Waals surface area (Å²) in [5.41, 5.74) is 1.70. The average molecular weight is 444 g/mol. The number of nitrogens with zero attached hydrogens (tertiary/aromatic N) is 4. The van der Waals surface area contributed by atoms with Gasteiger partial charge in [0.25, 0.3) is 0 Å². The minimum atomic E-state index is -0.195. The van der Waals surface area contributed by atoms with Crippen LogP contribution in [0.15, 0.2) is 52.1 Å². The topological polar surface area (TPSA) is 104 Å². The SMILES string of the molecule is Cn1c(SCC(=O)Nc2ccc(C#N)cc2)nnc1-c1cc(Br)ccc1O. The lowest BCUT2D eigenvalue weighted by Gasteiger charge is -2.07. The van der Waals surface area contributed by atoms with E-state index in [0.717, 1.165) is 4.47 Å². The zero-order valence-corrected chi connectivity index (χ0v) is 16.6. The van der Waals surface area contributed by atoms with Crippen molar-refractivity contribution in [2.45, 2.75) is 5.16 Å². The van der Waals surface area contributed by atoms with Crippen LogP contribution in [0.25, 0.3) is 11.4 Å². The summed E-state index contributed by atoms with van der Waals surface area (Å²) >= 11 is 4.61. The third-order valence-corrected chi connectivity index (χ3v) is 5.18. The van der Waals surface area contributed by atoms with Gasteiger partial charge in [-0.3, -0.25) is 4.79 Å². The molecule has 0 unspecified atom stereocenters. The predicted octanol–water partition coefficient (Wildman–Crippen LogP) is 3.55. The number of anilines is 1. The summed E-state index contributed by atoms with van der Waals surface area (Å²) in [6, 6.07) is 13.7. The lowest BCUT2D eigenvalue weighted by atomic mass is 10.2. The molecule has 3 rings (SSSR count). The number of aromatic hydroxyl groups is 1. The third kappa shape index (κ3) is 4.48. The van der Waals surface area contributed by atoms with Crippen LogP contribution in [0, 0.1) is 11.3 Å². The van der Waals surface area contributed by atoms with Gasteiger partial charge in [0.05, 0.1) is 22.9 Å². The molecule has 1 heterocycles. The molecule has 1 aromatic heterocycles. The van der Waals surface area contributed by atoms with E-state index in [-0.39, 0.29) is 17.4 Å². The van der Waals surface area contributed by atoms with Crippen LogP contribution >= 0.6 is 27.7 Å². The van der Waals surface area contributed by atoms with Gasteiger partial charge in [-0.1, -0.05) is 27.7 Å². The van der Waals surface area contributed by atoms with E-state index < -0.39 is 0 Å². The van der Waals surface area contributed by atoms with Gasteiger partial charge in [0.15, 0.2) is 11.0 Å². The van der Waals surface area contributed by atoms with Crippen LogP contribution in [0.1, 0.15) is 5.56 Å². The van der Waals surface area contributed by atoms with E-state index in [4.69, 9.17) is 5.26 Å². The second-order valence-electron chi connectivity index (χ2n) is 5.55. The van der Waals surface area contributed by atoms with Gasteiger partial charge in [-0.15, -0.1) is 10.2 Å². The summed E-state index contributed by atoms with van der Waals surface area (Å²) in [7, 11) is 1.77. The molecule has 0 atom stereocenters. The van der Waals surface area contributed by atoms with Gasteiger partial charge in [0.2, 0.25) is 5.91 Å². The maximum Gasteiger partial charge on any atom is 0.234 e. The summed E-state index contributed by atoms with van der Waals surface area (Å²) in [4.78, 5) is 12.1. The highest BCUT2D eigenvalue weighted by molar-refractivity contribution is 9.10. The van der Waals surface area contributed by atoms with E-state index in [0.29, 0.717) is 27.8 Å². The van der Waals surface area contributed by atoms with Crippen molar-refractivity contribution in [3.63, 3.8) is 0 Å². The van der Waals surface area contributed by atoms with Crippen LogP contribution in [0.3, 0.4) is 0 Å². The number of halogens is 1. The van der Waals surface area contributed by atoms with E-state index in [2.05, 4.69) is 31.4 Å². The van der Waals surface area contributed by atoms with Gasteiger partial charge in [0, 0.05) is 17.2 Å². The van der Waals surface area contributed by atoms with Gasteiger partial charge in [0.1, 0.15) is 5.75 Å². The molecular weight excluding hydrogens is 430 g/mol. The second-order valence-corrected chi connectivity index (χ2v) is 7.41. The van der Waals surface area contributed by atoms with Crippen LogP contribution in [0.2, 0.25) is 0 Å². The summed E-state index contributed by atoms with van der Waals surface area (Å²) in [6.45, 7) is 0. The monoisotopic (exact) mass is 443 g/mol. The van der Waals surface area contributed by atoms with E-state index in [1.54, 1.807) is 54.1 Å².